The molecule has 2 aliphatic carbocycles. The minimum atomic E-state index is -1.13. The lowest BCUT2D eigenvalue weighted by Crippen LogP contribution is -2.58. The second-order valence-corrected chi connectivity index (χ2v) is 16.2. The Bertz CT molecular complexity index is 2030. The van der Waals surface area contributed by atoms with Crippen molar-refractivity contribution in [3.05, 3.63) is 109 Å². The van der Waals surface area contributed by atoms with Gasteiger partial charge in [0.1, 0.15) is 35.1 Å². The molecule has 1 aromatic heterocycles. The van der Waals surface area contributed by atoms with E-state index in [0.29, 0.717) is 43.6 Å². The van der Waals surface area contributed by atoms with Crippen molar-refractivity contribution in [2.24, 2.45) is 5.92 Å². The summed E-state index contributed by atoms with van der Waals surface area (Å²) in [4.78, 5) is 60.0. The van der Waals surface area contributed by atoms with Crippen LogP contribution in [-0.2, 0) is 25.5 Å². The summed E-state index contributed by atoms with van der Waals surface area (Å²) in [5.41, 5.74) is 3.16. The van der Waals surface area contributed by atoms with E-state index in [1.54, 1.807) is 9.70 Å². The second kappa shape index (κ2) is 17.8. The van der Waals surface area contributed by atoms with Crippen molar-refractivity contribution in [1.82, 2.24) is 35.8 Å². The van der Waals surface area contributed by atoms with Gasteiger partial charge in [-0.05, 0) is 63.4 Å². The Morgan fingerprint density at radius 3 is 2.12 bits per heavy atom. The summed E-state index contributed by atoms with van der Waals surface area (Å²) in [5, 5.41) is 19.2. The van der Waals surface area contributed by atoms with Crippen LogP contribution >= 0.6 is 0 Å². The molecule has 58 heavy (non-hydrogen) atoms. The average Bonchev–Trinajstić information content (AvgIpc) is 3.69. The molecule has 0 bridgehead atoms. The molecule has 302 valence electrons. The summed E-state index contributed by atoms with van der Waals surface area (Å²) in [6, 6.07) is 27.3. The molecule has 8 rings (SSSR count). The van der Waals surface area contributed by atoms with E-state index in [-0.39, 0.29) is 36.8 Å². The molecule has 0 spiro atoms. The highest BCUT2D eigenvalue weighted by Gasteiger charge is 2.61. The minimum absolute atomic E-state index is 0.142. The molecule has 12 nitrogen and oxygen atoms in total. The quantitative estimate of drug-likeness (QED) is 0.163. The Morgan fingerprint density at radius 2 is 1.45 bits per heavy atom. The summed E-state index contributed by atoms with van der Waals surface area (Å²) >= 11 is 0. The van der Waals surface area contributed by atoms with E-state index in [9.17, 15) is 19.2 Å². The van der Waals surface area contributed by atoms with Crippen molar-refractivity contribution in [3.8, 4) is 22.5 Å². The number of carbonyl (C=O) groups excluding carboxylic acids is 4. The highest BCUT2D eigenvalue weighted by atomic mass is 16.6. The first kappa shape index (κ1) is 39.1. The molecule has 3 aromatic carbocycles. The molecular formula is C46H53N7O5. The molecule has 4 amide bonds. The van der Waals surface area contributed by atoms with Gasteiger partial charge in [0.25, 0.3) is 0 Å². The number of amides is 4. The molecule has 2 saturated carbocycles. The maximum absolute atomic E-state index is 14.8. The lowest BCUT2D eigenvalue weighted by atomic mass is 10.0. The van der Waals surface area contributed by atoms with Crippen LogP contribution in [0, 0.1) is 5.92 Å². The Hall–Kier alpha value is -5.78. The summed E-state index contributed by atoms with van der Waals surface area (Å²) in [6.45, 7) is 0.569. The van der Waals surface area contributed by atoms with Gasteiger partial charge in [-0.15, -0.1) is 0 Å². The van der Waals surface area contributed by atoms with Crippen molar-refractivity contribution in [2.75, 3.05) is 13.1 Å². The number of nitrogens with zero attached hydrogens (tertiary/aromatic N) is 4. The topological polar surface area (TPSA) is 148 Å². The number of carbonyl (C=O) groups is 4. The number of allylic oxidation sites excluding steroid dienone is 1. The summed E-state index contributed by atoms with van der Waals surface area (Å²) in [7, 11) is 0. The number of aromatic nitrogens is 3. The first-order valence-electron chi connectivity index (χ1n) is 21.0. The van der Waals surface area contributed by atoms with E-state index in [2.05, 4.69) is 28.1 Å². The van der Waals surface area contributed by atoms with Crippen molar-refractivity contribution < 1.29 is 23.9 Å². The third-order valence-corrected chi connectivity index (χ3v) is 12.1. The molecule has 1 saturated heterocycles. The number of alkyl carbamates (subject to hydrolysis) is 1. The van der Waals surface area contributed by atoms with Crippen LogP contribution in [0.25, 0.3) is 22.5 Å². The van der Waals surface area contributed by atoms with Crippen molar-refractivity contribution >= 4 is 23.8 Å². The normalized spacial score (nSPS) is 25.1. The number of fused-ring (bicyclic) bond motifs is 2. The van der Waals surface area contributed by atoms with E-state index >= 15 is 0 Å². The standard InChI is InChI=1S/C46H53N7O5/c54-42-39-29-36(53-50-40(33-19-9-5-10-20-33)41(51-53)34-21-11-6-12-22-34)31-52(39)43(55)38(48-45(57)58-37-24-15-16-25-37)26-14-3-1-2-13-23-35-30-46(35,49-42)44(56)47-28-27-32-17-7-4-8-18-32/h4-13,17-23,35-39H,1-3,14-16,24-31H2,(H,47,56)(H,48,57)(H,49,54)/t35?,36-,38+,39+,46-/m1/s1. The smallest absolute Gasteiger partial charge is 0.408 e. The number of benzene rings is 3. The number of nitrogens with one attached hydrogen (secondary N) is 3. The van der Waals surface area contributed by atoms with E-state index in [0.717, 1.165) is 61.6 Å². The minimum Gasteiger partial charge on any atom is -0.446 e. The number of hydrogen-bond acceptors (Lipinski definition) is 7. The Kier molecular flexibility index (Phi) is 12.0. The molecule has 4 aromatic rings. The van der Waals surface area contributed by atoms with Crippen LogP contribution in [0.15, 0.2) is 103 Å². The first-order chi connectivity index (χ1) is 28.4. The molecule has 3 heterocycles. The van der Waals surface area contributed by atoms with Crippen molar-refractivity contribution in [3.63, 3.8) is 0 Å². The van der Waals surface area contributed by atoms with Gasteiger partial charge >= 0.3 is 6.09 Å². The van der Waals surface area contributed by atoms with Crippen LogP contribution in [-0.4, -0.2) is 80.5 Å². The van der Waals surface area contributed by atoms with Crippen molar-refractivity contribution in [1.29, 1.82) is 0 Å². The van der Waals surface area contributed by atoms with Gasteiger partial charge in [0.15, 0.2) is 0 Å². The zero-order chi connectivity index (χ0) is 39.9. The first-order valence-corrected chi connectivity index (χ1v) is 21.0. The van der Waals surface area contributed by atoms with E-state index < -0.39 is 35.7 Å². The molecule has 0 radical (unpaired) electrons. The summed E-state index contributed by atoms with van der Waals surface area (Å²) in [6.07, 6.45) is 12.1. The van der Waals surface area contributed by atoms with Crippen LogP contribution in [0.2, 0.25) is 0 Å². The third-order valence-electron chi connectivity index (χ3n) is 12.1. The van der Waals surface area contributed by atoms with Gasteiger partial charge < -0.3 is 25.6 Å². The highest BCUT2D eigenvalue weighted by molar-refractivity contribution is 5.98. The molecule has 3 N–H and O–H groups in total. The van der Waals surface area contributed by atoms with Crippen LogP contribution in [0.1, 0.15) is 82.2 Å². The van der Waals surface area contributed by atoms with Gasteiger partial charge in [-0.1, -0.05) is 116 Å². The maximum atomic E-state index is 14.8. The molecule has 4 aliphatic rings. The molecule has 2 aliphatic heterocycles. The molecule has 5 atom stereocenters. The Morgan fingerprint density at radius 1 is 0.810 bits per heavy atom. The van der Waals surface area contributed by atoms with E-state index in [1.165, 1.54) is 0 Å². The molecule has 12 heteroatoms. The van der Waals surface area contributed by atoms with Gasteiger partial charge in [-0.3, -0.25) is 14.4 Å². The van der Waals surface area contributed by atoms with E-state index in [1.807, 2.05) is 91.0 Å². The van der Waals surface area contributed by atoms with Crippen LogP contribution < -0.4 is 16.0 Å². The molecular weight excluding hydrogens is 731 g/mol. The lowest BCUT2D eigenvalue weighted by molar-refractivity contribution is -0.141. The monoisotopic (exact) mass is 783 g/mol. The van der Waals surface area contributed by atoms with Crippen LogP contribution in [0.5, 0.6) is 0 Å². The maximum Gasteiger partial charge on any atom is 0.408 e. The molecule has 3 fully saturated rings. The van der Waals surface area contributed by atoms with Gasteiger partial charge in [-0.2, -0.15) is 15.0 Å². The predicted molar refractivity (Wildman–Crippen MR) is 220 cm³/mol. The SMILES string of the molecule is O=C(N[C@H]1CCCCCC=CC2C[C@@]2(C(=O)NCCc2ccccc2)NC(=O)[C@@H]2C[C@@H](n3nc(-c4ccccc4)c(-c4ccccc4)n3)CN2C1=O)OC1CCCC1. The largest absolute Gasteiger partial charge is 0.446 e. The highest BCUT2D eigenvalue weighted by Crippen LogP contribution is 2.46. The summed E-state index contributed by atoms with van der Waals surface area (Å²) < 4.78 is 5.75. The Labute approximate surface area is 339 Å². The zero-order valence-electron chi connectivity index (χ0n) is 32.9. The Balaban J connectivity index is 1.10. The lowest BCUT2D eigenvalue weighted by Gasteiger charge is -2.30. The van der Waals surface area contributed by atoms with Crippen LogP contribution in [0.4, 0.5) is 4.79 Å². The van der Waals surface area contributed by atoms with Crippen LogP contribution in [0.3, 0.4) is 0 Å². The van der Waals surface area contributed by atoms with E-state index in [4.69, 9.17) is 14.9 Å². The molecule has 1 unspecified atom stereocenters. The second-order valence-electron chi connectivity index (χ2n) is 16.2. The number of ether oxygens (including phenoxy) is 1. The fourth-order valence-corrected chi connectivity index (χ4v) is 8.79. The number of rotatable bonds is 9. The van der Waals surface area contributed by atoms with Gasteiger partial charge in [0.2, 0.25) is 17.7 Å². The fourth-order valence-electron chi connectivity index (χ4n) is 8.79. The zero-order valence-corrected chi connectivity index (χ0v) is 32.9. The van der Waals surface area contributed by atoms with Gasteiger partial charge in [0.05, 0.1) is 6.04 Å². The van der Waals surface area contributed by atoms with Crippen molar-refractivity contribution in [2.45, 2.75) is 107 Å². The van der Waals surface area contributed by atoms with Gasteiger partial charge in [0, 0.05) is 36.6 Å². The summed E-state index contributed by atoms with van der Waals surface area (Å²) in [5.74, 6) is -1.17. The number of hydrogen-bond donors (Lipinski definition) is 3. The van der Waals surface area contributed by atoms with Gasteiger partial charge in [-0.25, -0.2) is 4.79 Å². The average molecular weight is 784 g/mol. The predicted octanol–water partition coefficient (Wildman–Crippen LogP) is 6.55. The third kappa shape index (κ3) is 8.85. The fraction of sp³-hybridized carbons (Fsp3) is 0.435.